The zero-order valence-electron chi connectivity index (χ0n) is 12.4. The van der Waals surface area contributed by atoms with Gasteiger partial charge in [-0.3, -0.25) is 4.40 Å². The number of aromatic nitrogens is 2. The molecule has 0 unspecified atom stereocenters. The Labute approximate surface area is 154 Å². The molecule has 0 bridgehead atoms. The molecule has 0 aliphatic rings. The van der Waals surface area contributed by atoms with Crippen LogP contribution in [0.25, 0.3) is 27.2 Å². The van der Waals surface area contributed by atoms with E-state index in [9.17, 15) is 13.2 Å². The molecule has 0 atom stereocenters. The molecule has 8 heteroatoms. The second-order valence-electron chi connectivity index (χ2n) is 5.27. The largest absolute Gasteiger partial charge is 0.445 e. The Morgan fingerprint density at radius 1 is 1.16 bits per heavy atom. The van der Waals surface area contributed by atoms with Gasteiger partial charge in [-0.25, -0.2) is 9.37 Å². The quantitative estimate of drug-likeness (QED) is 0.213. The summed E-state index contributed by atoms with van der Waals surface area (Å²) < 4.78 is 47.9. The summed E-state index contributed by atoms with van der Waals surface area (Å²) in [6.45, 7) is 0. The van der Waals surface area contributed by atoms with E-state index in [0.717, 1.165) is 0 Å². The molecule has 3 nitrogen and oxygen atoms in total. The minimum absolute atomic E-state index is 0.0120. The number of imidazole rings is 1. The zero-order valence-corrected chi connectivity index (χ0v) is 15.4. The highest BCUT2D eigenvalue weighted by Crippen LogP contribution is 2.37. The Morgan fingerprint density at radius 2 is 1.96 bits per heavy atom. The highest BCUT2D eigenvalue weighted by molar-refractivity contribution is 14.2. The molecule has 0 radical (unpaired) electrons. The number of hydrogen-bond acceptors (Lipinski definition) is 2. The van der Waals surface area contributed by atoms with Crippen molar-refractivity contribution in [2.24, 2.45) is 0 Å². The Morgan fingerprint density at radius 3 is 2.72 bits per heavy atom. The molecule has 0 spiro atoms. The summed E-state index contributed by atoms with van der Waals surface area (Å²) in [7, 11) is 0. The van der Waals surface area contributed by atoms with E-state index >= 15 is 0 Å². The van der Waals surface area contributed by atoms with Gasteiger partial charge in [0.15, 0.2) is 0 Å². The number of benzene rings is 2. The average molecular weight is 477 g/mol. The van der Waals surface area contributed by atoms with Crippen molar-refractivity contribution in [2.75, 3.05) is 0 Å². The highest BCUT2D eigenvalue weighted by atomic mass is 127. The first kappa shape index (κ1) is 16.6. The van der Waals surface area contributed by atoms with Crippen LogP contribution in [0.15, 0.2) is 42.6 Å². The first-order valence-corrected chi connectivity index (χ1v) is 10.0. The standard InChI is InChI=1S/C17H9ClF3IN2O/c1-22-17(20,21)25-9-5-6-13-11(7-9)10-3-2-4-12(19)15(10)14-8-23-16(18)24(13)14/h2-8H,1H2. The van der Waals surface area contributed by atoms with E-state index in [-0.39, 0.29) is 11.0 Å². The molecule has 0 aliphatic heterocycles. The van der Waals surface area contributed by atoms with Crippen LogP contribution in [0, 0.1) is 5.82 Å². The van der Waals surface area contributed by atoms with E-state index in [2.05, 4.69) is 9.50 Å². The Kier molecular flexibility index (Phi) is 3.88. The summed E-state index contributed by atoms with van der Waals surface area (Å²) in [5.41, 5.74) is 1.13. The number of hydrogen-bond donors (Lipinski definition) is 0. The lowest BCUT2D eigenvalue weighted by atomic mass is 10.0. The van der Waals surface area contributed by atoms with Crippen molar-refractivity contribution in [1.82, 2.24) is 9.38 Å². The van der Waals surface area contributed by atoms with Gasteiger partial charge in [0.05, 0.1) is 17.2 Å². The van der Waals surface area contributed by atoms with Crippen molar-refractivity contribution >= 4 is 64.0 Å². The van der Waals surface area contributed by atoms with Gasteiger partial charge < -0.3 is 4.74 Å². The first-order chi connectivity index (χ1) is 11.9. The smallest absolute Gasteiger partial charge is 0.425 e. The second kappa shape index (κ2) is 5.84. The van der Waals surface area contributed by atoms with Crippen molar-refractivity contribution in [1.29, 1.82) is 0 Å². The molecule has 0 fully saturated rings. The van der Waals surface area contributed by atoms with Crippen LogP contribution in [0.1, 0.15) is 0 Å². The SMILES string of the molecule is C=IC(F)(F)Oc1ccc2c(c1)c1cccc(F)c1c1cnc(Cl)n21. The minimum atomic E-state index is -3.27. The molecule has 4 aromatic rings. The molecule has 2 aromatic carbocycles. The summed E-state index contributed by atoms with van der Waals surface area (Å²) in [5.74, 6) is -0.455. The average Bonchev–Trinajstić information content (AvgIpc) is 2.96. The maximum Gasteiger partial charge on any atom is 0.445 e. The molecule has 2 heterocycles. The third-order valence-electron chi connectivity index (χ3n) is 3.88. The van der Waals surface area contributed by atoms with Gasteiger partial charge in [-0.1, -0.05) is 16.6 Å². The normalized spacial score (nSPS) is 12.3. The fourth-order valence-electron chi connectivity index (χ4n) is 2.89. The third-order valence-corrected chi connectivity index (χ3v) is 5.25. The summed E-state index contributed by atoms with van der Waals surface area (Å²) in [5, 5.41) is 1.59. The van der Waals surface area contributed by atoms with Crippen LogP contribution in [0.5, 0.6) is 5.75 Å². The molecule has 25 heavy (non-hydrogen) atoms. The molecular formula is C17H9ClF3IN2O. The predicted molar refractivity (Wildman–Crippen MR) is 102 cm³/mol. The number of rotatable bonds is 3. The molecule has 128 valence electrons. The lowest BCUT2D eigenvalue weighted by Gasteiger charge is -2.15. The number of halogens is 5. The van der Waals surface area contributed by atoms with Gasteiger partial charge >= 0.3 is 4.12 Å². The molecule has 0 saturated carbocycles. The molecule has 4 rings (SSSR count). The van der Waals surface area contributed by atoms with Crippen molar-refractivity contribution in [3.05, 3.63) is 53.7 Å². The monoisotopic (exact) mass is 476 g/mol. The number of pyridine rings is 1. The molecule has 0 saturated heterocycles. The topological polar surface area (TPSA) is 26.5 Å². The van der Waals surface area contributed by atoms with E-state index in [4.69, 9.17) is 16.3 Å². The van der Waals surface area contributed by atoms with Gasteiger partial charge in [-0.15, -0.1) is 0 Å². The maximum atomic E-state index is 14.4. The number of fused-ring (bicyclic) bond motifs is 6. The molecule has 0 aliphatic carbocycles. The van der Waals surface area contributed by atoms with E-state index in [1.54, 1.807) is 22.6 Å². The Hall–Kier alpha value is -1.87. The van der Waals surface area contributed by atoms with Gasteiger partial charge in [0, 0.05) is 31.5 Å². The minimum Gasteiger partial charge on any atom is -0.425 e. The Bertz CT molecular complexity index is 1160. The molecule has 2 aromatic heterocycles. The Balaban J connectivity index is 2.13. The maximum absolute atomic E-state index is 14.4. The third kappa shape index (κ3) is 2.65. The van der Waals surface area contributed by atoms with Crippen molar-refractivity contribution in [2.45, 2.75) is 4.12 Å². The summed E-state index contributed by atoms with van der Waals surface area (Å²) in [6, 6.07) is 9.10. The summed E-state index contributed by atoms with van der Waals surface area (Å²) >= 11 is 4.47. The highest BCUT2D eigenvalue weighted by Gasteiger charge is 2.28. The van der Waals surface area contributed by atoms with Gasteiger partial charge in [0.25, 0.3) is 0 Å². The van der Waals surface area contributed by atoms with Gasteiger partial charge in [0.1, 0.15) is 11.6 Å². The van der Waals surface area contributed by atoms with Crippen molar-refractivity contribution in [3.63, 3.8) is 0 Å². The molecule has 0 amide bonds. The van der Waals surface area contributed by atoms with Crippen LogP contribution < -0.4 is 4.74 Å². The van der Waals surface area contributed by atoms with Crippen LogP contribution in [-0.2, 0) is 0 Å². The molecule has 0 N–H and O–H groups in total. The fourth-order valence-corrected chi connectivity index (χ4v) is 3.53. The first-order valence-electron chi connectivity index (χ1n) is 7.04. The number of nitrogens with zero attached hydrogens (tertiary/aromatic N) is 2. The lowest BCUT2D eigenvalue weighted by molar-refractivity contribution is -0.0692. The van der Waals surface area contributed by atoms with Crippen LogP contribution in [-0.4, -0.2) is 18.0 Å². The lowest BCUT2D eigenvalue weighted by Crippen LogP contribution is -2.15. The van der Waals surface area contributed by atoms with Crippen molar-refractivity contribution < 1.29 is 17.9 Å². The van der Waals surface area contributed by atoms with Gasteiger partial charge in [-0.05, 0) is 41.3 Å². The summed E-state index contributed by atoms with van der Waals surface area (Å²) in [6.07, 6.45) is 1.49. The number of ether oxygens (including phenoxy) is 1. The van der Waals surface area contributed by atoms with E-state index in [0.29, 0.717) is 27.2 Å². The van der Waals surface area contributed by atoms with E-state index in [1.807, 2.05) is 0 Å². The fraction of sp³-hybridized carbons (Fsp3) is 0.0588. The van der Waals surface area contributed by atoms with E-state index < -0.39 is 30.7 Å². The van der Waals surface area contributed by atoms with Gasteiger partial charge in [0.2, 0.25) is 5.28 Å². The van der Waals surface area contributed by atoms with Crippen LogP contribution in [0.2, 0.25) is 5.28 Å². The molecular weight excluding hydrogens is 468 g/mol. The van der Waals surface area contributed by atoms with E-state index in [1.165, 1.54) is 24.4 Å². The van der Waals surface area contributed by atoms with Gasteiger partial charge in [-0.2, -0.15) is 8.78 Å². The zero-order chi connectivity index (χ0) is 17.8. The van der Waals surface area contributed by atoms with Crippen LogP contribution >= 0.6 is 32.3 Å². The predicted octanol–water partition coefficient (Wildman–Crippen LogP) is 5.77. The second-order valence-corrected chi connectivity index (χ2v) is 7.63. The number of alkyl halides is 3. The van der Waals surface area contributed by atoms with Crippen molar-refractivity contribution in [3.8, 4) is 5.75 Å². The van der Waals surface area contributed by atoms with Crippen LogP contribution in [0.3, 0.4) is 0 Å². The summed E-state index contributed by atoms with van der Waals surface area (Å²) in [4.78, 5) is 4.04. The van der Waals surface area contributed by atoms with Crippen LogP contribution in [0.4, 0.5) is 13.2 Å².